The van der Waals surface area contributed by atoms with Crippen molar-refractivity contribution in [1.82, 2.24) is 10.1 Å². The third-order valence-electron chi connectivity index (χ3n) is 6.95. The lowest BCUT2D eigenvalue weighted by molar-refractivity contribution is -0.272. The van der Waals surface area contributed by atoms with Gasteiger partial charge in [-0.1, -0.05) is 119 Å². The van der Waals surface area contributed by atoms with E-state index in [0.29, 0.717) is 11.8 Å². The van der Waals surface area contributed by atoms with Gasteiger partial charge in [0.1, 0.15) is 6.10 Å². The van der Waals surface area contributed by atoms with E-state index in [-0.39, 0.29) is 29.3 Å². The number of hydrogen-bond acceptors (Lipinski definition) is 4. The minimum atomic E-state index is -0.245. The van der Waals surface area contributed by atoms with Crippen LogP contribution in [0.2, 0.25) is 0 Å². The highest BCUT2D eigenvalue weighted by Crippen LogP contribution is 2.37. The average Bonchev–Trinajstić information content (AvgIpc) is 2.89. The van der Waals surface area contributed by atoms with Crippen LogP contribution in [0.25, 0.3) is 0 Å². The van der Waals surface area contributed by atoms with Gasteiger partial charge in [0.15, 0.2) is 0 Å². The SMILES string of the molecule is CC(C)C(c1ccccc1)N(O)C(C)(C)C.CC(ON(C(c1ccccc1)C(C)C)C(C)(C)C)c1ccccc1. The van der Waals surface area contributed by atoms with E-state index >= 15 is 0 Å². The van der Waals surface area contributed by atoms with Gasteiger partial charge in [-0.25, -0.2) is 0 Å². The van der Waals surface area contributed by atoms with Crippen LogP contribution >= 0.6 is 0 Å². The van der Waals surface area contributed by atoms with E-state index in [9.17, 15) is 5.21 Å². The summed E-state index contributed by atoms with van der Waals surface area (Å²) in [4.78, 5) is 6.51. The summed E-state index contributed by atoms with van der Waals surface area (Å²) in [6.45, 7) is 23.6. The van der Waals surface area contributed by atoms with Crippen molar-refractivity contribution in [3.8, 4) is 0 Å². The van der Waals surface area contributed by atoms with Crippen molar-refractivity contribution in [2.45, 2.75) is 105 Å². The van der Waals surface area contributed by atoms with Gasteiger partial charge in [-0.2, -0.15) is 10.1 Å². The summed E-state index contributed by atoms with van der Waals surface area (Å²) in [6, 6.07) is 31.5. The van der Waals surface area contributed by atoms with Crippen LogP contribution in [0, 0.1) is 11.8 Å². The van der Waals surface area contributed by atoms with Crippen molar-refractivity contribution < 1.29 is 10.0 Å². The molecular weight excluding hydrogens is 492 g/mol. The Morgan fingerprint density at radius 3 is 1.20 bits per heavy atom. The molecule has 0 aliphatic carbocycles. The van der Waals surface area contributed by atoms with Crippen LogP contribution in [-0.4, -0.2) is 26.4 Å². The third kappa shape index (κ3) is 9.85. The number of benzene rings is 3. The Kier molecular flexibility index (Phi) is 12.6. The average molecular weight is 547 g/mol. The smallest absolute Gasteiger partial charge is 0.102 e. The van der Waals surface area contributed by atoms with Crippen LogP contribution in [-0.2, 0) is 4.84 Å². The minimum Gasteiger partial charge on any atom is -0.313 e. The Bertz CT molecular complexity index is 1090. The Labute approximate surface area is 244 Å². The molecule has 1 N–H and O–H groups in total. The molecule has 0 bridgehead atoms. The van der Waals surface area contributed by atoms with Crippen molar-refractivity contribution in [2.24, 2.45) is 11.8 Å². The second kappa shape index (κ2) is 14.9. The number of rotatable bonds is 9. The molecule has 0 saturated heterocycles. The summed E-state index contributed by atoms with van der Waals surface area (Å²) in [5.74, 6) is 0.807. The fraction of sp³-hybridized carbons (Fsp3) is 0.500. The molecule has 3 aromatic carbocycles. The van der Waals surface area contributed by atoms with E-state index in [1.165, 1.54) is 16.2 Å². The monoisotopic (exact) mass is 546 g/mol. The molecule has 0 amide bonds. The molecule has 0 fully saturated rings. The van der Waals surface area contributed by atoms with Gasteiger partial charge < -0.3 is 5.21 Å². The van der Waals surface area contributed by atoms with Gasteiger partial charge in [0.05, 0.1) is 12.1 Å². The first-order valence-corrected chi connectivity index (χ1v) is 14.7. The fourth-order valence-electron chi connectivity index (χ4n) is 4.91. The third-order valence-corrected chi connectivity index (χ3v) is 6.95. The Morgan fingerprint density at radius 2 is 0.875 bits per heavy atom. The summed E-state index contributed by atoms with van der Waals surface area (Å²) in [6.07, 6.45) is 0.00962. The van der Waals surface area contributed by atoms with Crippen LogP contribution in [0.15, 0.2) is 91.0 Å². The van der Waals surface area contributed by atoms with Crippen LogP contribution in [0.5, 0.6) is 0 Å². The fourth-order valence-corrected chi connectivity index (χ4v) is 4.91. The quantitative estimate of drug-likeness (QED) is 0.271. The molecule has 0 aliphatic rings. The lowest BCUT2D eigenvalue weighted by Crippen LogP contribution is -2.46. The molecule has 0 aliphatic heterocycles. The van der Waals surface area contributed by atoms with Gasteiger partial charge in [-0.15, -0.1) is 0 Å². The van der Waals surface area contributed by atoms with Crippen LogP contribution in [0.4, 0.5) is 0 Å². The molecule has 0 saturated carbocycles. The van der Waals surface area contributed by atoms with Crippen molar-refractivity contribution in [3.05, 3.63) is 108 Å². The molecule has 3 rings (SSSR count). The second-order valence-electron chi connectivity index (χ2n) is 13.4. The predicted molar refractivity (Wildman–Crippen MR) is 169 cm³/mol. The molecular formula is C36H54N2O2. The van der Waals surface area contributed by atoms with Crippen molar-refractivity contribution in [2.75, 3.05) is 0 Å². The summed E-state index contributed by atoms with van der Waals surface area (Å²) < 4.78 is 0. The van der Waals surface area contributed by atoms with E-state index in [0.717, 1.165) is 5.56 Å². The highest BCUT2D eigenvalue weighted by atomic mass is 16.7. The van der Waals surface area contributed by atoms with Crippen molar-refractivity contribution >= 4 is 0 Å². The molecule has 3 unspecified atom stereocenters. The summed E-state index contributed by atoms with van der Waals surface area (Å²) in [5.41, 5.74) is 3.30. The van der Waals surface area contributed by atoms with Gasteiger partial charge in [0, 0.05) is 11.1 Å². The molecule has 4 nitrogen and oxygen atoms in total. The maximum absolute atomic E-state index is 10.3. The zero-order valence-corrected chi connectivity index (χ0v) is 26.8. The first-order chi connectivity index (χ1) is 18.6. The van der Waals surface area contributed by atoms with Gasteiger partial charge in [-0.05, 0) is 77.0 Å². The molecule has 3 aromatic rings. The molecule has 4 heteroatoms. The molecule has 220 valence electrons. The largest absolute Gasteiger partial charge is 0.313 e. The number of nitrogens with zero attached hydrogens (tertiary/aromatic N) is 2. The molecule has 0 radical (unpaired) electrons. The van der Waals surface area contributed by atoms with Crippen LogP contribution in [0.1, 0.15) is 111 Å². The maximum atomic E-state index is 10.3. The van der Waals surface area contributed by atoms with Gasteiger partial charge in [0.25, 0.3) is 0 Å². The van der Waals surface area contributed by atoms with E-state index in [1.807, 2.05) is 45.0 Å². The van der Waals surface area contributed by atoms with E-state index in [4.69, 9.17) is 4.84 Å². The van der Waals surface area contributed by atoms with Gasteiger partial charge in [-0.3, -0.25) is 4.84 Å². The van der Waals surface area contributed by atoms with Crippen molar-refractivity contribution in [1.29, 1.82) is 0 Å². The minimum absolute atomic E-state index is 0.00962. The summed E-state index contributed by atoms with van der Waals surface area (Å²) >= 11 is 0. The van der Waals surface area contributed by atoms with E-state index in [1.54, 1.807) is 0 Å². The highest BCUT2D eigenvalue weighted by Gasteiger charge is 2.35. The Hall–Kier alpha value is -2.50. The first kappa shape index (κ1) is 33.7. The summed E-state index contributed by atoms with van der Waals surface area (Å²) in [5, 5.41) is 14.0. The van der Waals surface area contributed by atoms with Gasteiger partial charge >= 0.3 is 0 Å². The summed E-state index contributed by atoms with van der Waals surface area (Å²) in [7, 11) is 0. The van der Waals surface area contributed by atoms with E-state index in [2.05, 4.69) is 127 Å². The highest BCUT2D eigenvalue weighted by molar-refractivity contribution is 5.21. The van der Waals surface area contributed by atoms with Crippen LogP contribution < -0.4 is 0 Å². The van der Waals surface area contributed by atoms with Gasteiger partial charge in [0.2, 0.25) is 0 Å². The lowest BCUT2D eigenvalue weighted by atomic mass is 9.92. The number of hydroxylamine groups is 4. The molecule has 3 atom stereocenters. The van der Waals surface area contributed by atoms with Crippen molar-refractivity contribution in [3.63, 3.8) is 0 Å². The Balaban J connectivity index is 0.000000305. The standard InChI is InChI=1S/C22H31NO.C14H23NO/c1-17(2)21(20-15-11-8-12-16-20)23(22(4,5)6)24-18(3)19-13-9-7-10-14-19;1-11(2)13(15(16)14(3,4)5)12-9-7-6-8-10-12/h7-18,21H,1-6H3;6-11,13,16H,1-5H3. The zero-order chi connectivity index (χ0) is 30.1. The molecule has 0 aromatic heterocycles. The molecule has 0 spiro atoms. The van der Waals surface area contributed by atoms with Crippen LogP contribution in [0.3, 0.4) is 0 Å². The Morgan fingerprint density at radius 1 is 0.525 bits per heavy atom. The lowest BCUT2D eigenvalue weighted by Gasteiger charge is -2.43. The second-order valence-corrected chi connectivity index (χ2v) is 13.4. The first-order valence-electron chi connectivity index (χ1n) is 14.7. The normalized spacial score (nSPS) is 14.7. The zero-order valence-electron chi connectivity index (χ0n) is 26.8. The number of hydrogen-bond donors (Lipinski definition) is 1. The topological polar surface area (TPSA) is 35.9 Å². The predicted octanol–water partition coefficient (Wildman–Crippen LogP) is 10.1. The van der Waals surface area contributed by atoms with E-state index < -0.39 is 0 Å². The molecule has 0 heterocycles. The molecule has 40 heavy (non-hydrogen) atoms. The maximum Gasteiger partial charge on any atom is 0.102 e.